The molecule has 5 nitrogen and oxygen atoms in total. The van der Waals surface area contributed by atoms with Crippen LogP contribution >= 0.6 is 47.8 Å². The number of amides is 1. The minimum atomic E-state index is -0.530. The van der Waals surface area contributed by atoms with E-state index in [1.165, 1.54) is 6.07 Å². The summed E-state index contributed by atoms with van der Waals surface area (Å²) in [6, 6.07) is 33.6. The molecular weight excluding hydrogens is 674 g/mol. The second kappa shape index (κ2) is 11.5. The predicted molar refractivity (Wildman–Crippen MR) is 163 cm³/mol. The number of phenolic OH excluding ortho intramolecular Hbond substituents is 1. The maximum absolute atomic E-state index is 12.8. The first-order valence-electron chi connectivity index (χ1n) is 11.6. The van der Waals surface area contributed by atoms with Crippen molar-refractivity contribution >= 4 is 59.9 Å². The molecule has 1 heterocycles. The molecule has 0 unspecified atom stereocenters. The highest BCUT2D eigenvalue weighted by molar-refractivity contribution is 9.11. The first kappa shape index (κ1) is 26.2. The second-order valence-electron chi connectivity index (χ2n) is 8.36. The molecule has 0 radical (unpaired) electrons. The van der Waals surface area contributed by atoms with Gasteiger partial charge in [-0.1, -0.05) is 92.5 Å². The van der Waals surface area contributed by atoms with Gasteiger partial charge in [-0.15, -0.1) is 0 Å². The third kappa shape index (κ3) is 5.53. The minimum Gasteiger partial charge on any atom is -0.506 e. The number of halogens is 3. The largest absolute Gasteiger partial charge is 0.506 e. The van der Waals surface area contributed by atoms with Crippen LogP contribution in [0.2, 0.25) is 0 Å². The second-order valence-corrected chi connectivity index (χ2v) is 11.0. The van der Waals surface area contributed by atoms with Crippen LogP contribution in [-0.2, 0) is 0 Å². The predicted octanol–water partition coefficient (Wildman–Crippen LogP) is 8.57. The summed E-state index contributed by atoms with van der Waals surface area (Å²) in [7, 11) is 0. The zero-order valence-electron chi connectivity index (χ0n) is 19.8. The third-order valence-corrected chi connectivity index (χ3v) is 7.47. The van der Waals surface area contributed by atoms with Gasteiger partial charge in [0.2, 0.25) is 0 Å². The Morgan fingerprint density at radius 2 is 1.42 bits per heavy atom. The molecule has 1 amide bonds. The van der Waals surface area contributed by atoms with E-state index in [2.05, 4.69) is 93.2 Å². The van der Waals surface area contributed by atoms with Gasteiger partial charge in [-0.25, -0.2) is 5.43 Å². The lowest BCUT2D eigenvalue weighted by Gasteiger charge is -2.15. The Morgan fingerprint density at radius 3 is 2.08 bits per heavy atom. The lowest BCUT2D eigenvalue weighted by atomic mass is 10.1. The Bertz CT molecular complexity index is 1630. The number of rotatable bonds is 6. The monoisotopic (exact) mass is 691 g/mol. The summed E-state index contributed by atoms with van der Waals surface area (Å²) in [6.45, 7) is 0. The average molecular weight is 694 g/mol. The molecule has 0 bridgehead atoms. The maximum Gasteiger partial charge on any atom is 0.275 e. The Kier molecular flexibility index (Phi) is 7.93. The molecule has 0 fully saturated rings. The highest BCUT2D eigenvalue weighted by Gasteiger charge is 2.19. The van der Waals surface area contributed by atoms with Crippen LogP contribution in [0.5, 0.6) is 5.75 Å². The zero-order chi connectivity index (χ0) is 26.6. The van der Waals surface area contributed by atoms with Crippen molar-refractivity contribution in [2.24, 2.45) is 5.10 Å². The van der Waals surface area contributed by atoms with Gasteiger partial charge in [0.1, 0.15) is 5.75 Å². The molecule has 5 aromatic rings. The summed E-state index contributed by atoms with van der Waals surface area (Å²) in [5.74, 6) is -0.684. The molecule has 5 rings (SSSR count). The van der Waals surface area contributed by atoms with Crippen LogP contribution in [0.1, 0.15) is 15.9 Å². The molecule has 0 aliphatic heterocycles. The Morgan fingerprint density at radius 1 is 0.789 bits per heavy atom. The van der Waals surface area contributed by atoms with Gasteiger partial charge in [0.15, 0.2) is 0 Å². The van der Waals surface area contributed by atoms with E-state index >= 15 is 0 Å². The number of aromatic hydroxyl groups is 1. The van der Waals surface area contributed by atoms with E-state index in [1.807, 2.05) is 60.7 Å². The van der Waals surface area contributed by atoms with E-state index in [1.54, 1.807) is 12.3 Å². The molecule has 0 aliphatic rings. The van der Waals surface area contributed by atoms with E-state index in [0.717, 1.165) is 38.2 Å². The van der Waals surface area contributed by atoms with E-state index in [-0.39, 0.29) is 11.3 Å². The highest BCUT2D eigenvalue weighted by atomic mass is 79.9. The van der Waals surface area contributed by atoms with Crippen LogP contribution in [-0.4, -0.2) is 21.8 Å². The number of carbonyl (C=O) groups is 1. The molecule has 38 heavy (non-hydrogen) atoms. The van der Waals surface area contributed by atoms with Crippen molar-refractivity contribution in [1.29, 1.82) is 0 Å². The Balaban J connectivity index is 1.63. The standard InChI is InChI=1S/C30H20Br3N3O2/c31-22-11-13-24(14-12-22)36-27(19-7-3-1-4-8-19)15-21(28(36)20-9-5-2-6-10-20)18-34-35-30(38)25-16-23(32)17-26(33)29(25)37/h1-18,37H,(H,35,38)/b34-18+. The van der Waals surface area contributed by atoms with Gasteiger partial charge in [0, 0.05) is 20.2 Å². The summed E-state index contributed by atoms with van der Waals surface area (Å²) in [5.41, 5.74) is 8.40. The van der Waals surface area contributed by atoms with Gasteiger partial charge in [-0.2, -0.15) is 5.10 Å². The molecule has 188 valence electrons. The number of hydrogen-bond acceptors (Lipinski definition) is 3. The topological polar surface area (TPSA) is 66.6 Å². The fourth-order valence-electron chi connectivity index (χ4n) is 4.16. The first-order valence-corrected chi connectivity index (χ1v) is 13.9. The molecule has 8 heteroatoms. The smallest absolute Gasteiger partial charge is 0.275 e. The molecule has 0 aliphatic carbocycles. The minimum absolute atomic E-state index is 0.101. The maximum atomic E-state index is 12.8. The van der Waals surface area contributed by atoms with E-state index in [0.29, 0.717) is 8.95 Å². The van der Waals surface area contributed by atoms with Gasteiger partial charge in [-0.3, -0.25) is 4.79 Å². The van der Waals surface area contributed by atoms with Crippen LogP contribution in [0.15, 0.2) is 122 Å². The summed E-state index contributed by atoms with van der Waals surface area (Å²) in [4.78, 5) is 12.8. The Hall–Kier alpha value is -3.46. The van der Waals surface area contributed by atoms with Gasteiger partial charge >= 0.3 is 0 Å². The van der Waals surface area contributed by atoms with Crippen LogP contribution in [0, 0.1) is 0 Å². The molecule has 0 atom stereocenters. The van der Waals surface area contributed by atoms with Gasteiger partial charge in [0.05, 0.1) is 27.6 Å². The van der Waals surface area contributed by atoms with Crippen molar-refractivity contribution in [3.63, 3.8) is 0 Å². The molecule has 0 saturated carbocycles. The SMILES string of the molecule is O=C(N/N=C/c1cc(-c2ccccc2)n(-c2ccc(Br)cc2)c1-c1ccccc1)c1cc(Br)cc(Br)c1O. The van der Waals surface area contributed by atoms with Gasteiger partial charge < -0.3 is 9.67 Å². The van der Waals surface area contributed by atoms with Crippen molar-refractivity contribution in [2.75, 3.05) is 0 Å². The number of phenols is 1. The zero-order valence-corrected chi connectivity index (χ0v) is 24.5. The summed E-state index contributed by atoms with van der Waals surface area (Å²) in [5, 5.41) is 14.6. The molecule has 0 saturated heterocycles. The third-order valence-electron chi connectivity index (χ3n) is 5.87. The number of carbonyl (C=O) groups excluding carboxylic acids is 1. The summed E-state index contributed by atoms with van der Waals surface area (Å²) in [6.07, 6.45) is 1.63. The van der Waals surface area contributed by atoms with E-state index in [9.17, 15) is 9.90 Å². The Labute approximate surface area is 245 Å². The van der Waals surface area contributed by atoms with Crippen LogP contribution in [0.4, 0.5) is 0 Å². The lowest BCUT2D eigenvalue weighted by molar-refractivity contribution is 0.0952. The van der Waals surface area contributed by atoms with E-state index in [4.69, 9.17) is 0 Å². The number of hydrogen-bond donors (Lipinski definition) is 2. The van der Waals surface area contributed by atoms with Crippen LogP contribution in [0.25, 0.3) is 28.2 Å². The fraction of sp³-hybridized carbons (Fsp3) is 0. The highest BCUT2D eigenvalue weighted by Crippen LogP contribution is 2.36. The molecule has 0 spiro atoms. The molecule has 1 aromatic heterocycles. The number of benzene rings is 4. The van der Waals surface area contributed by atoms with E-state index < -0.39 is 5.91 Å². The van der Waals surface area contributed by atoms with Gasteiger partial charge in [-0.05, 0) is 69.5 Å². The number of nitrogens with zero attached hydrogens (tertiary/aromatic N) is 2. The van der Waals surface area contributed by atoms with Crippen LogP contribution < -0.4 is 5.43 Å². The lowest BCUT2D eigenvalue weighted by Crippen LogP contribution is -2.18. The number of aromatic nitrogens is 1. The molecule has 4 aromatic carbocycles. The first-order chi connectivity index (χ1) is 18.4. The fourth-order valence-corrected chi connectivity index (χ4v) is 5.65. The van der Waals surface area contributed by atoms with Gasteiger partial charge in [0.25, 0.3) is 5.91 Å². The number of nitrogens with one attached hydrogen (secondary N) is 1. The summed E-state index contributed by atoms with van der Waals surface area (Å²) >= 11 is 10.1. The van der Waals surface area contributed by atoms with Crippen molar-refractivity contribution in [3.8, 4) is 34.0 Å². The van der Waals surface area contributed by atoms with Crippen molar-refractivity contribution in [3.05, 3.63) is 128 Å². The summed E-state index contributed by atoms with van der Waals surface area (Å²) < 4.78 is 4.24. The van der Waals surface area contributed by atoms with Crippen molar-refractivity contribution in [2.45, 2.75) is 0 Å². The molecular formula is C30H20Br3N3O2. The normalized spacial score (nSPS) is 11.1. The van der Waals surface area contributed by atoms with Crippen molar-refractivity contribution < 1.29 is 9.90 Å². The van der Waals surface area contributed by atoms with Crippen LogP contribution in [0.3, 0.4) is 0 Å². The molecule has 2 N–H and O–H groups in total. The average Bonchev–Trinajstić information content (AvgIpc) is 3.31. The van der Waals surface area contributed by atoms with Crippen molar-refractivity contribution in [1.82, 2.24) is 9.99 Å². The number of hydrazone groups is 1. The quantitative estimate of drug-likeness (QED) is 0.138.